The first-order valence-corrected chi connectivity index (χ1v) is 9.45. The Kier molecular flexibility index (Phi) is 4.82. The van der Waals surface area contributed by atoms with Crippen LogP contribution in [0.3, 0.4) is 0 Å². The van der Waals surface area contributed by atoms with E-state index in [0.717, 1.165) is 14.7 Å². The van der Waals surface area contributed by atoms with E-state index in [1.807, 2.05) is 22.4 Å². The number of rotatable bonds is 5. The molecule has 10 heteroatoms. The number of piperazine rings is 1. The van der Waals surface area contributed by atoms with Crippen LogP contribution in [-0.4, -0.2) is 75.4 Å². The van der Waals surface area contributed by atoms with Crippen LogP contribution in [0.4, 0.5) is 10.7 Å². The highest BCUT2D eigenvalue weighted by molar-refractivity contribution is 7.09. The van der Waals surface area contributed by atoms with Gasteiger partial charge in [0.1, 0.15) is 0 Å². The standard InChI is InChI=1S/C17H18N6O3S/c24-14-15(25)23(17(26)22(14)11-13-3-1-10-27-13)12-20-6-8-21(9-7-20)16-18-4-2-5-19-16/h1-5,10H,6-9,11-12H2. The highest BCUT2D eigenvalue weighted by Gasteiger charge is 2.45. The summed E-state index contributed by atoms with van der Waals surface area (Å²) in [5, 5.41) is 1.87. The van der Waals surface area contributed by atoms with Crippen LogP contribution < -0.4 is 4.90 Å². The molecule has 0 unspecified atom stereocenters. The van der Waals surface area contributed by atoms with E-state index in [1.165, 1.54) is 11.3 Å². The van der Waals surface area contributed by atoms with E-state index in [1.54, 1.807) is 18.5 Å². The van der Waals surface area contributed by atoms with E-state index >= 15 is 0 Å². The molecule has 140 valence electrons. The number of imide groups is 2. The van der Waals surface area contributed by atoms with Crippen LogP contribution in [0.1, 0.15) is 4.88 Å². The maximum Gasteiger partial charge on any atom is 0.335 e. The van der Waals surface area contributed by atoms with E-state index < -0.39 is 17.8 Å². The lowest BCUT2D eigenvalue weighted by Crippen LogP contribution is -2.51. The number of hydrogen-bond donors (Lipinski definition) is 0. The van der Waals surface area contributed by atoms with E-state index in [-0.39, 0.29) is 13.2 Å². The van der Waals surface area contributed by atoms with Crippen molar-refractivity contribution in [2.45, 2.75) is 6.54 Å². The predicted molar refractivity (Wildman–Crippen MR) is 97.8 cm³/mol. The van der Waals surface area contributed by atoms with Crippen molar-refractivity contribution in [3.8, 4) is 0 Å². The van der Waals surface area contributed by atoms with Crippen LogP contribution in [0.5, 0.6) is 0 Å². The van der Waals surface area contributed by atoms with Gasteiger partial charge in [0.25, 0.3) is 0 Å². The molecule has 4 rings (SSSR count). The van der Waals surface area contributed by atoms with Gasteiger partial charge < -0.3 is 4.90 Å². The van der Waals surface area contributed by atoms with E-state index in [4.69, 9.17) is 0 Å². The smallest absolute Gasteiger partial charge is 0.335 e. The van der Waals surface area contributed by atoms with E-state index in [0.29, 0.717) is 32.1 Å². The molecule has 2 saturated heterocycles. The van der Waals surface area contributed by atoms with Crippen LogP contribution in [-0.2, 0) is 16.1 Å². The normalized spacial score (nSPS) is 18.7. The van der Waals surface area contributed by atoms with Gasteiger partial charge in [-0.3, -0.25) is 19.4 Å². The van der Waals surface area contributed by atoms with Crippen molar-refractivity contribution in [1.82, 2.24) is 24.7 Å². The molecule has 2 fully saturated rings. The van der Waals surface area contributed by atoms with Crippen molar-refractivity contribution >= 4 is 35.1 Å². The summed E-state index contributed by atoms with van der Waals surface area (Å²) >= 11 is 1.45. The molecule has 0 aromatic carbocycles. The topological polar surface area (TPSA) is 90.0 Å². The number of urea groups is 1. The monoisotopic (exact) mass is 386 g/mol. The van der Waals surface area contributed by atoms with Crippen LogP contribution in [0, 0.1) is 0 Å². The highest BCUT2D eigenvalue weighted by atomic mass is 32.1. The quantitative estimate of drug-likeness (QED) is 0.549. The molecule has 0 saturated carbocycles. The zero-order chi connectivity index (χ0) is 18.8. The maximum atomic E-state index is 12.6. The number of amides is 4. The Bertz CT molecular complexity index is 836. The number of carbonyl (C=O) groups is 3. The van der Waals surface area contributed by atoms with Gasteiger partial charge in [0.15, 0.2) is 0 Å². The van der Waals surface area contributed by atoms with Crippen molar-refractivity contribution in [2.75, 3.05) is 37.7 Å². The number of hydrogen-bond acceptors (Lipinski definition) is 8. The summed E-state index contributed by atoms with van der Waals surface area (Å²) in [5.41, 5.74) is 0. The van der Waals surface area contributed by atoms with Gasteiger partial charge in [-0.2, -0.15) is 0 Å². The van der Waals surface area contributed by atoms with Crippen LogP contribution in [0.15, 0.2) is 36.0 Å². The van der Waals surface area contributed by atoms with Gasteiger partial charge in [-0.15, -0.1) is 11.3 Å². The summed E-state index contributed by atoms with van der Waals surface area (Å²) in [6.45, 7) is 2.92. The zero-order valence-corrected chi connectivity index (χ0v) is 15.3. The maximum absolute atomic E-state index is 12.6. The van der Waals surface area contributed by atoms with Gasteiger partial charge in [-0.05, 0) is 17.5 Å². The number of aromatic nitrogens is 2. The minimum atomic E-state index is -0.760. The molecule has 0 bridgehead atoms. The van der Waals surface area contributed by atoms with Crippen molar-refractivity contribution < 1.29 is 14.4 Å². The second kappa shape index (κ2) is 7.41. The van der Waals surface area contributed by atoms with Crippen molar-refractivity contribution in [3.05, 3.63) is 40.8 Å². The average Bonchev–Trinajstić information content (AvgIpc) is 3.29. The summed E-state index contributed by atoms with van der Waals surface area (Å²) in [6.07, 6.45) is 3.40. The molecule has 4 heterocycles. The third-order valence-electron chi connectivity index (χ3n) is 4.58. The van der Waals surface area contributed by atoms with Crippen molar-refractivity contribution in [2.24, 2.45) is 0 Å². The molecular formula is C17H18N6O3S. The molecule has 0 aliphatic carbocycles. The van der Waals surface area contributed by atoms with Gasteiger partial charge in [0, 0.05) is 43.4 Å². The molecule has 0 atom stereocenters. The summed E-state index contributed by atoms with van der Waals surface area (Å²) in [4.78, 5) is 52.5. The lowest BCUT2D eigenvalue weighted by molar-refractivity contribution is -0.144. The lowest BCUT2D eigenvalue weighted by Gasteiger charge is -2.35. The predicted octanol–water partition coefficient (Wildman–Crippen LogP) is 0.609. The van der Waals surface area contributed by atoms with Gasteiger partial charge in [0.2, 0.25) is 5.95 Å². The molecule has 2 aromatic rings. The molecule has 0 N–H and O–H groups in total. The molecule has 4 amide bonds. The SMILES string of the molecule is O=C1C(=O)N(CN2CCN(c3ncccn3)CC2)C(=O)N1Cc1cccs1. The summed E-state index contributed by atoms with van der Waals surface area (Å²) in [7, 11) is 0. The summed E-state index contributed by atoms with van der Waals surface area (Å²) < 4.78 is 0. The van der Waals surface area contributed by atoms with Gasteiger partial charge in [-0.25, -0.2) is 19.7 Å². The number of nitrogens with zero attached hydrogens (tertiary/aromatic N) is 6. The third-order valence-corrected chi connectivity index (χ3v) is 5.44. The first kappa shape index (κ1) is 17.6. The van der Waals surface area contributed by atoms with Crippen LogP contribution in [0.2, 0.25) is 0 Å². The first-order valence-electron chi connectivity index (χ1n) is 8.57. The molecule has 2 aliphatic rings. The van der Waals surface area contributed by atoms with Gasteiger partial charge in [0.05, 0.1) is 13.2 Å². The van der Waals surface area contributed by atoms with Crippen LogP contribution in [0.25, 0.3) is 0 Å². The Morgan fingerprint density at radius 1 is 0.926 bits per heavy atom. The Labute approximate surface area is 159 Å². The largest absolute Gasteiger partial charge is 0.338 e. The first-order chi connectivity index (χ1) is 13.1. The average molecular weight is 386 g/mol. The minimum absolute atomic E-state index is 0.119. The van der Waals surface area contributed by atoms with Crippen molar-refractivity contribution in [3.63, 3.8) is 0 Å². The third kappa shape index (κ3) is 3.53. The Morgan fingerprint density at radius 3 is 2.30 bits per heavy atom. The molecule has 0 spiro atoms. The van der Waals surface area contributed by atoms with Gasteiger partial charge in [-0.1, -0.05) is 6.07 Å². The second-order valence-electron chi connectivity index (χ2n) is 6.28. The lowest BCUT2D eigenvalue weighted by atomic mass is 10.3. The fraction of sp³-hybridized carbons (Fsp3) is 0.353. The molecular weight excluding hydrogens is 368 g/mol. The molecule has 2 aromatic heterocycles. The highest BCUT2D eigenvalue weighted by Crippen LogP contribution is 2.19. The zero-order valence-electron chi connectivity index (χ0n) is 14.5. The Morgan fingerprint density at radius 2 is 1.63 bits per heavy atom. The number of carbonyl (C=O) groups excluding carboxylic acids is 3. The van der Waals surface area contributed by atoms with Gasteiger partial charge >= 0.3 is 17.8 Å². The summed E-state index contributed by atoms with van der Waals surface area (Å²) in [6, 6.07) is 4.90. The van der Waals surface area contributed by atoms with Crippen LogP contribution >= 0.6 is 11.3 Å². The Balaban J connectivity index is 1.36. The molecule has 0 radical (unpaired) electrons. The fourth-order valence-corrected chi connectivity index (χ4v) is 3.81. The number of anilines is 1. The molecule has 27 heavy (non-hydrogen) atoms. The Hall–Kier alpha value is -2.85. The fourth-order valence-electron chi connectivity index (χ4n) is 3.12. The van der Waals surface area contributed by atoms with Crippen molar-refractivity contribution in [1.29, 1.82) is 0 Å². The summed E-state index contributed by atoms with van der Waals surface area (Å²) in [5.74, 6) is -0.849. The van der Waals surface area contributed by atoms with E-state index in [2.05, 4.69) is 14.9 Å². The molecule has 2 aliphatic heterocycles. The molecule has 9 nitrogen and oxygen atoms in total. The van der Waals surface area contributed by atoms with E-state index in [9.17, 15) is 14.4 Å². The minimum Gasteiger partial charge on any atom is -0.338 e. The second-order valence-corrected chi connectivity index (χ2v) is 7.31. The number of thiophene rings is 1.